The van der Waals surface area contributed by atoms with Gasteiger partial charge in [0.1, 0.15) is 0 Å². The van der Waals surface area contributed by atoms with Crippen molar-refractivity contribution < 1.29 is 5.11 Å². The van der Waals surface area contributed by atoms with E-state index in [0.717, 1.165) is 12.0 Å². The molecule has 0 aromatic heterocycles. The highest BCUT2D eigenvalue weighted by Crippen LogP contribution is 2.15. The summed E-state index contributed by atoms with van der Waals surface area (Å²) in [6, 6.07) is 9.25. The van der Waals surface area contributed by atoms with Gasteiger partial charge in [-0.05, 0) is 30.5 Å². The average molecular weight is 190 g/mol. The molecule has 0 amide bonds. The first-order valence-corrected chi connectivity index (χ1v) is 4.64. The minimum absolute atomic E-state index is 0.0464. The van der Waals surface area contributed by atoms with Crippen LogP contribution in [0.25, 0.3) is 0 Å². The second-order valence-corrected chi connectivity index (χ2v) is 3.21. The molecule has 0 saturated carbocycles. The number of aliphatic hydroxyl groups is 1. The molecule has 1 aromatic carbocycles. The Morgan fingerprint density at radius 3 is 2.50 bits per heavy atom. The Morgan fingerprint density at radius 2 is 2.00 bits per heavy atom. The van der Waals surface area contributed by atoms with Crippen molar-refractivity contribution in [3.63, 3.8) is 0 Å². The van der Waals surface area contributed by atoms with E-state index in [-0.39, 0.29) is 12.6 Å². The molecule has 0 fully saturated rings. The fraction of sp³-hybridized carbons (Fsp3) is 0.364. The van der Waals surface area contributed by atoms with Crippen LogP contribution in [-0.4, -0.2) is 11.7 Å². The van der Waals surface area contributed by atoms with Gasteiger partial charge in [0, 0.05) is 12.6 Å². The molecule has 0 heterocycles. The minimum atomic E-state index is -0.0464. The van der Waals surface area contributed by atoms with Crippen LogP contribution in [0.4, 0.5) is 0 Å². The third-order valence-corrected chi connectivity index (χ3v) is 2.14. The van der Waals surface area contributed by atoms with Gasteiger partial charge in [0.25, 0.3) is 0 Å². The van der Waals surface area contributed by atoms with Gasteiger partial charge in [0.05, 0.1) is 11.6 Å². The van der Waals surface area contributed by atoms with Crippen LogP contribution >= 0.6 is 0 Å². The molecule has 0 saturated heterocycles. The number of hydrogen-bond donors (Lipinski definition) is 2. The van der Waals surface area contributed by atoms with E-state index in [4.69, 9.17) is 16.1 Å². The monoisotopic (exact) mass is 190 g/mol. The van der Waals surface area contributed by atoms with Crippen LogP contribution in [0.15, 0.2) is 24.3 Å². The summed E-state index contributed by atoms with van der Waals surface area (Å²) in [7, 11) is 0. The van der Waals surface area contributed by atoms with E-state index >= 15 is 0 Å². The van der Waals surface area contributed by atoms with E-state index in [1.165, 1.54) is 0 Å². The Kier molecular flexibility index (Phi) is 4.11. The molecule has 1 aromatic rings. The predicted octanol–water partition coefficient (Wildman–Crippen LogP) is 1.33. The third-order valence-electron chi connectivity index (χ3n) is 2.14. The fourth-order valence-corrected chi connectivity index (χ4v) is 1.28. The quantitative estimate of drug-likeness (QED) is 0.752. The highest BCUT2D eigenvalue weighted by atomic mass is 16.2. The summed E-state index contributed by atoms with van der Waals surface area (Å²) in [5, 5.41) is 17.2. The second kappa shape index (κ2) is 5.38. The summed E-state index contributed by atoms with van der Waals surface area (Å²) in [5.41, 5.74) is 7.53. The molecule has 3 nitrogen and oxygen atoms in total. The zero-order chi connectivity index (χ0) is 10.4. The maximum atomic E-state index is 8.65. The summed E-state index contributed by atoms with van der Waals surface area (Å²) in [6.45, 7) is 0.171. The predicted molar refractivity (Wildman–Crippen MR) is 54.4 cm³/mol. The van der Waals surface area contributed by atoms with Crippen molar-refractivity contribution >= 4 is 0 Å². The number of nitriles is 1. The first-order chi connectivity index (χ1) is 6.77. The number of nitrogens with two attached hydrogens (primary N) is 1. The highest BCUT2D eigenvalue weighted by Gasteiger charge is 2.04. The zero-order valence-electron chi connectivity index (χ0n) is 7.98. The van der Waals surface area contributed by atoms with Crippen LogP contribution in [0.5, 0.6) is 0 Å². The van der Waals surface area contributed by atoms with Crippen molar-refractivity contribution in [2.24, 2.45) is 5.73 Å². The lowest BCUT2D eigenvalue weighted by atomic mass is 10.0. The van der Waals surface area contributed by atoms with Gasteiger partial charge in [-0.2, -0.15) is 5.26 Å². The lowest BCUT2D eigenvalue weighted by Gasteiger charge is -2.10. The summed E-state index contributed by atoms with van der Waals surface area (Å²) in [5.74, 6) is 0. The van der Waals surface area contributed by atoms with Gasteiger partial charge >= 0.3 is 0 Å². The Bertz CT molecular complexity index is 313. The Balaban J connectivity index is 2.63. The average Bonchev–Trinajstić information content (AvgIpc) is 2.26. The largest absolute Gasteiger partial charge is 0.396 e. The number of rotatable bonds is 4. The third kappa shape index (κ3) is 2.84. The number of hydrogen-bond acceptors (Lipinski definition) is 3. The Labute approximate surface area is 83.8 Å². The molecular formula is C11H14N2O. The molecule has 0 radical (unpaired) electrons. The molecule has 3 N–H and O–H groups in total. The molecule has 0 spiro atoms. The molecule has 74 valence electrons. The van der Waals surface area contributed by atoms with E-state index in [9.17, 15) is 0 Å². The first-order valence-electron chi connectivity index (χ1n) is 4.64. The Hall–Kier alpha value is -1.37. The summed E-state index contributed by atoms with van der Waals surface area (Å²) >= 11 is 0. The number of nitrogens with zero attached hydrogens (tertiary/aromatic N) is 1. The minimum Gasteiger partial charge on any atom is -0.396 e. The highest BCUT2D eigenvalue weighted by molar-refractivity contribution is 5.32. The van der Waals surface area contributed by atoms with E-state index in [1.807, 2.05) is 12.1 Å². The number of benzene rings is 1. The van der Waals surface area contributed by atoms with Crippen LogP contribution in [0.3, 0.4) is 0 Å². The van der Waals surface area contributed by atoms with Gasteiger partial charge in [-0.3, -0.25) is 0 Å². The standard InChI is InChI=1S/C11H14N2O/c12-8-9-3-5-10(6-4-9)11(13)2-1-7-14/h3-6,11,14H,1-2,7,13H2/t11-/m0/s1. The SMILES string of the molecule is N#Cc1ccc([C@@H](N)CCCO)cc1. The van der Waals surface area contributed by atoms with Crippen LogP contribution in [0, 0.1) is 11.3 Å². The van der Waals surface area contributed by atoms with Gasteiger partial charge in [-0.25, -0.2) is 0 Å². The van der Waals surface area contributed by atoms with Gasteiger partial charge < -0.3 is 10.8 Å². The van der Waals surface area contributed by atoms with Crippen molar-refractivity contribution in [2.45, 2.75) is 18.9 Å². The molecule has 1 rings (SSSR count). The van der Waals surface area contributed by atoms with Crippen molar-refractivity contribution in [2.75, 3.05) is 6.61 Å². The maximum Gasteiger partial charge on any atom is 0.0991 e. The van der Waals surface area contributed by atoms with E-state index in [1.54, 1.807) is 12.1 Å². The van der Waals surface area contributed by atoms with Crippen LogP contribution in [0.2, 0.25) is 0 Å². The lowest BCUT2D eigenvalue weighted by Crippen LogP contribution is -2.10. The summed E-state index contributed by atoms with van der Waals surface area (Å²) < 4.78 is 0. The molecule has 1 atom stereocenters. The molecule has 0 unspecified atom stereocenters. The van der Waals surface area contributed by atoms with E-state index in [0.29, 0.717) is 12.0 Å². The lowest BCUT2D eigenvalue weighted by molar-refractivity contribution is 0.280. The van der Waals surface area contributed by atoms with E-state index in [2.05, 4.69) is 6.07 Å². The van der Waals surface area contributed by atoms with Gasteiger partial charge in [0.15, 0.2) is 0 Å². The van der Waals surface area contributed by atoms with Crippen molar-refractivity contribution in [1.82, 2.24) is 0 Å². The van der Waals surface area contributed by atoms with Crippen molar-refractivity contribution in [3.8, 4) is 6.07 Å². The van der Waals surface area contributed by atoms with Crippen LogP contribution in [-0.2, 0) is 0 Å². The molecular weight excluding hydrogens is 176 g/mol. The molecule has 0 aliphatic heterocycles. The topological polar surface area (TPSA) is 70.0 Å². The van der Waals surface area contributed by atoms with Gasteiger partial charge in [0.2, 0.25) is 0 Å². The molecule has 0 aliphatic carbocycles. The fourth-order valence-electron chi connectivity index (χ4n) is 1.28. The first kappa shape index (κ1) is 10.7. The summed E-state index contributed by atoms with van der Waals surface area (Å²) in [6.07, 6.45) is 1.48. The van der Waals surface area contributed by atoms with Crippen molar-refractivity contribution in [1.29, 1.82) is 5.26 Å². The van der Waals surface area contributed by atoms with Gasteiger partial charge in [-0.1, -0.05) is 12.1 Å². The zero-order valence-corrected chi connectivity index (χ0v) is 7.98. The Morgan fingerprint density at radius 1 is 1.36 bits per heavy atom. The smallest absolute Gasteiger partial charge is 0.0991 e. The molecule has 0 bridgehead atoms. The molecule has 0 aliphatic rings. The van der Waals surface area contributed by atoms with Gasteiger partial charge in [-0.15, -0.1) is 0 Å². The normalized spacial score (nSPS) is 12.1. The maximum absolute atomic E-state index is 8.65. The molecule has 14 heavy (non-hydrogen) atoms. The van der Waals surface area contributed by atoms with Crippen LogP contribution in [0.1, 0.15) is 30.0 Å². The van der Waals surface area contributed by atoms with Crippen molar-refractivity contribution in [3.05, 3.63) is 35.4 Å². The van der Waals surface area contributed by atoms with E-state index < -0.39 is 0 Å². The second-order valence-electron chi connectivity index (χ2n) is 3.21. The van der Waals surface area contributed by atoms with Crippen LogP contribution < -0.4 is 5.73 Å². The number of aliphatic hydroxyl groups excluding tert-OH is 1. The summed E-state index contributed by atoms with van der Waals surface area (Å²) in [4.78, 5) is 0. The molecule has 3 heteroatoms.